The minimum absolute atomic E-state index is 0.209. The molecule has 2 rings (SSSR count). The van der Waals surface area contributed by atoms with E-state index >= 15 is 0 Å². The molecule has 1 atom stereocenters. The molecule has 0 radical (unpaired) electrons. The molecule has 1 heterocycles. The first-order valence-corrected chi connectivity index (χ1v) is 9.80. The zero-order valence-corrected chi connectivity index (χ0v) is 16.9. The van der Waals surface area contributed by atoms with Gasteiger partial charge in [-0.05, 0) is 58.4 Å². The number of thioether (sulfide) groups is 1. The van der Waals surface area contributed by atoms with Gasteiger partial charge in [0.25, 0.3) is 5.56 Å². The van der Waals surface area contributed by atoms with E-state index in [1.54, 1.807) is 6.92 Å². The van der Waals surface area contributed by atoms with Gasteiger partial charge in [0.2, 0.25) is 0 Å². The van der Waals surface area contributed by atoms with Crippen molar-refractivity contribution in [3.8, 4) is 0 Å². The minimum atomic E-state index is -0.725. The van der Waals surface area contributed by atoms with Gasteiger partial charge >= 0.3 is 5.97 Å². The Morgan fingerprint density at radius 3 is 2.65 bits per heavy atom. The van der Waals surface area contributed by atoms with E-state index in [0.29, 0.717) is 34.8 Å². The fourth-order valence-corrected chi connectivity index (χ4v) is 3.44. The first kappa shape index (κ1) is 20.5. The molecule has 0 aliphatic rings. The highest BCUT2D eigenvalue weighted by molar-refractivity contribution is 7.99. The van der Waals surface area contributed by atoms with Gasteiger partial charge in [-0.1, -0.05) is 12.1 Å². The molecule has 26 heavy (non-hydrogen) atoms. The maximum Gasteiger partial charge on any atom is 0.329 e. The Morgan fingerprint density at radius 1 is 1.35 bits per heavy atom. The van der Waals surface area contributed by atoms with Gasteiger partial charge in [-0.25, -0.2) is 9.78 Å². The lowest BCUT2D eigenvalue weighted by atomic mass is 10.1. The van der Waals surface area contributed by atoms with E-state index in [1.807, 2.05) is 45.9 Å². The van der Waals surface area contributed by atoms with E-state index in [4.69, 9.17) is 10.5 Å². The van der Waals surface area contributed by atoms with Crippen LogP contribution in [0.4, 0.5) is 0 Å². The number of hydrogen-bond donors (Lipinski definition) is 1. The van der Waals surface area contributed by atoms with Gasteiger partial charge in [0.05, 0.1) is 10.9 Å². The van der Waals surface area contributed by atoms with Crippen LogP contribution in [0.3, 0.4) is 0 Å². The number of nitrogens with zero attached hydrogens (tertiary/aromatic N) is 2. The Balaban J connectivity index is 2.58. The van der Waals surface area contributed by atoms with Crippen molar-refractivity contribution >= 4 is 28.6 Å². The smallest absolute Gasteiger partial charge is 0.329 e. The summed E-state index contributed by atoms with van der Waals surface area (Å²) in [6.45, 7) is 9.06. The van der Waals surface area contributed by atoms with Crippen molar-refractivity contribution in [3.05, 3.63) is 39.9 Å². The van der Waals surface area contributed by atoms with E-state index in [9.17, 15) is 9.59 Å². The highest BCUT2D eigenvalue weighted by Crippen LogP contribution is 2.22. The van der Waals surface area contributed by atoms with Crippen molar-refractivity contribution in [2.24, 2.45) is 5.73 Å². The van der Waals surface area contributed by atoms with Crippen LogP contribution in [-0.2, 0) is 9.53 Å². The number of esters is 1. The molecule has 0 bridgehead atoms. The van der Waals surface area contributed by atoms with Crippen LogP contribution in [0.15, 0.2) is 23.0 Å². The maximum atomic E-state index is 13.2. The van der Waals surface area contributed by atoms with Crippen molar-refractivity contribution in [1.29, 1.82) is 0 Å². The van der Waals surface area contributed by atoms with Crippen LogP contribution < -0.4 is 11.3 Å². The van der Waals surface area contributed by atoms with Crippen LogP contribution in [0.5, 0.6) is 0 Å². The summed E-state index contributed by atoms with van der Waals surface area (Å²) in [5.74, 6) is 1.19. The third kappa shape index (κ3) is 4.65. The molecule has 1 aromatic heterocycles. The SMILES string of the molecule is Cc1cccc2nc(C)n(C(CCSCN)C(=O)OC(C)(C)C)c(=O)c12. The molecule has 1 unspecified atom stereocenters. The molecular formula is C19H27N3O3S. The van der Waals surface area contributed by atoms with Gasteiger partial charge in [-0.2, -0.15) is 0 Å². The van der Waals surface area contributed by atoms with Crippen LogP contribution in [0.25, 0.3) is 10.9 Å². The Kier molecular flexibility index (Phi) is 6.47. The number of benzene rings is 1. The molecule has 0 fully saturated rings. The average molecular weight is 378 g/mol. The van der Waals surface area contributed by atoms with Gasteiger partial charge in [0.15, 0.2) is 0 Å². The Hall–Kier alpha value is -1.86. The third-order valence-electron chi connectivity index (χ3n) is 3.96. The molecule has 0 spiro atoms. The molecular weight excluding hydrogens is 350 g/mol. The third-order valence-corrected chi connectivity index (χ3v) is 4.72. The van der Waals surface area contributed by atoms with Crippen LogP contribution in [0.1, 0.15) is 44.6 Å². The summed E-state index contributed by atoms with van der Waals surface area (Å²) in [6, 6.07) is 4.83. The minimum Gasteiger partial charge on any atom is -0.458 e. The van der Waals surface area contributed by atoms with Crippen molar-refractivity contribution in [2.75, 3.05) is 11.6 Å². The second-order valence-corrected chi connectivity index (χ2v) is 8.37. The maximum absolute atomic E-state index is 13.2. The summed E-state index contributed by atoms with van der Waals surface area (Å²) in [6.07, 6.45) is 0.455. The number of fused-ring (bicyclic) bond motifs is 1. The molecule has 1 aromatic carbocycles. The van der Waals surface area contributed by atoms with Crippen molar-refractivity contribution < 1.29 is 9.53 Å². The van der Waals surface area contributed by atoms with E-state index in [-0.39, 0.29) is 5.56 Å². The predicted octanol–water partition coefficient (Wildman–Crippen LogP) is 2.94. The first-order chi connectivity index (χ1) is 12.2. The zero-order valence-electron chi connectivity index (χ0n) is 16.0. The second kappa shape index (κ2) is 8.22. The standard InChI is InChI=1S/C19H27N3O3S/c1-12-7-6-8-14-16(12)17(23)22(13(2)21-14)15(9-10-26-11-20)18(24)25-19(3,4)5/h6-8,15H,9-11,20H2,1-5H3. The van der Waals surface area contributed by atoms with E-state index in [2.05, 4.69) is 4.98 Å². The second-order valence-electron chi connectivity index (χ2n) is 7.22. The lowest BCUT2D eigenvalue weighted by Crippen LogP contribution is -2.37. The molecule has 6 nitrogen and oxygen atoms in total. The summed E-state index contributed by atoms with van der Waals surface area (Å²) >= 11 is 1.52. The molecule has 0 saturated carbocycles. The summed E-state index contributed by atoms with van der Waals surface area (Å²) in [5, 5.41) is 0.540. The normalized spacial score (nSPS) is 13.0. The number of hydrogen-bond acceptors (Lipinski definition) is 6. The fourth-order valence-electron chi connectivity index (χ4n) is 2.89. The molecule has 2 N–H and O–H groups in total. The highest BCUT2D eigenvalue weighted by Gasteiger charge is 2.29. The van der Waals surface area contributed by atoms with Crippen LogP contribution in [0, 0.1) is 13.8 Å². The van der Waals surface area contributed by atoms with Crippen molar-refractivity contribution in [3.63, 3.8) is 0 Å². The molecule has 0 aliphatic heterocycles. The van der Waals surface area contributed by atoms with Crippen LogP contribution in [0.2, 0.25) is 0 Å². The number of aryl methyl sites for hydroxylation is 2. The highest BCUT2D eigenvalue weighted by atomic mass is 32.2. The number of aromatic nitrogens is 2. The predicted molar refractivity (Wildman–Crippen MR) is 106 cm³/mol. The van der Waals surface area contributed by atoms with E-state index < -0.39 is 17.6 Å². The molecule has 0 amide bonds. The van der Waals surface area contributed by atoms with Crippen LogP contribution in [-0.4, -0.2) is 32.8 Å². The van der Waals surface area contributed by atoms with Crippen LogP contribution >= 0.6 is 11.8 Å². The van der Waals surface area contributed by atoms with Gasteiger partial charge in [-0.15, -0.1) is 11.8 Å². The van der Waals surface area contributed by atoms with Gasteiger partial charge in [0, 0.05) is 5.88 Å². The average Bonchev–Trinajstić information content (AvgIpc) is 2.51. The molecule has 0 saturated heterocycles. The summed E-state index contributed by atoms with van der Waals surface area (Å²) in [5.41, 5.74) is 6.19. The number of rotatable bonds is 6. The molecule has 0 aliphatic carbocycles. The van der Waals surface area contributed by atoms with Gasteiger partial charge in [0.1, 0.15) is 17.5 Å². The lowest BCUT2D eigenvalue weighted by molar-refractivity contribution is -0.159. The van der Waals surface area contributed by atoms with Gasteiger partial charge < -0.3 is 10.5 Å². The first-order valence-electron chi connectivity index (χ1n) is 8.65. The van der Waals surface area contributed by atoms with Gasteiger partial charge in [-0.3, -0.25) is 9.36 Å². The number of nitrogens with two attached hydrogens (primary N) is 1. The molecule has 142 valence electrons. The molecule has 7 heteroatoms. The Morgan fingerprint density at radius 2 is 2.04 bits per heavy atom. The number of ether oxygens (including phenoxy) is 1. The number of carbonyl (C=O) groups is 1. The summed E-state index contributed by atoms with van der Waals surface area (Å²) < 4.78 is 7.04. The Labute approximate surface area is 158 Å². The topological polar surface area (TPSA) is 87.2 Å². The van der Waals surface area contributed by atoms with Crippen molar-refractivity contribution in [2.45, 2.75) is 52.7 Å². The van der Waals surface area contributed by atoms with Crippen molar-refractivity contribution in [1.82, 2.24) is 9.55 Å². The fraction of sp³-hybridized carbons (Fsp3) is 0.526. The quantitative estimate of drug-likeness (QED) is 0.473. The molecule has 2 aromatic rings. The summed E-state index contributed by atoms with van der Waals surface area (Å²) in [4.78, 5) is 30.6. The van der Waals surface area contributed by atoms with E-state index in [1.165, 1.54) is 16.3 Å². The zero-order chi connectivity index (χ0) is 19.5. The van der Waals surface area contributed by atoms with E-state index in [0.717, 1.165) is 5.56 Å². The lowest BCUT2D eigenvalue weighted by Gasteiger charge is -2.26. The largest absolute Gasteiger partial charge is 0.458 e. The monoisotopic (exact) mass is 377 g/mol. The Bertz CT molecular complexity index is 855. The summed E-state index contributed by atoms with van der Waals surface area (Å²) in [7, 11) is 0. The number of carbonyl (C=O) groups excluding carboxylic acids is 1.